The summed E-state index contributed by atoms with van der Waals surface area (Å²) in [5, 5.41) is 0. The summed E-state index contributed by atoms with van der Waals surface area (Å²) in [6.07, 6.45) is 9.97. The van der Waals surface area contributed by atoms with Crippen molar-refractivity contribution in [1.82, 2.24) is 4.90 Å². The Morgan fingerprint density at radius 2 is 1.85 bits per heavy atom. The molecule has 1 aliphatic heterocycles. The predicted octanol–water partition coefficient (Wildman–Crippen LogP) is 1.15. The zero-order chi connectivity index (χ0) is 9.26. The van der Waals surface area contributed by atoms with Gasteiger partial charge >= 0.3 is 0 Å². The molecule has 0 fully saturated rings. The number of carbonyl (C=O) groups excluding carboxylic acids is 2. The largest absolute Gasteiger partial charge is 0.269 e. The fraction of sp³-hybridized carbons (Fsp3) is 0.200. The van der Waals surface area contributed by atoms with Crippen molar-refractivity contribution in [3.63, 3.8) is 0 Å². The van der Waals surface area contributed by atoms with Crippen LogP contribution in [0.1, 0.15) is 12.8 Å². The molecule has 0 aromatic heterocycles. The van der Waals surface area contributed by atoms with Crippen molar-refractivity contribution in [1.29, 1.82) is 0 Å². The van der Waals surface area contributed by atoms with Crippen LogP contribution < -0.4 is 0 Å². The first-order chi connectivity index (χ1) is 6.29. The van der Waals surface area contributed by atoms with E-state index in [1.165, 1.54) is 17.1 Å². The Hall–Kier alpha value is -1.64. The lowest BCUT2D eigenvalue weighted by Gasteiger charge is -2.18. The molecule has 1 heterocycles. The molecule has 0 saturated carbocycles. The maximum absolute atomic E-state index is 11.2. The minimum atomic E-state index is -0.230. The second-order valence-electron chi connectivity index (χ2n) is 2.97. The van der Waals surface area contributed by atoms with Crippen molar-refractivity contribution in [2.75, 3.05) is 0 Å². The van der Waals surface area contributed by atoms with Crippen LogP contribution in [0.4, 0.5) is 0 Å². The number of allylic oxidation sites excluding steroid dienone is 4. The molecule has 3 heteroatoms. The number of amides is 2. The highest BCUT2D eigenvalue weighted by atomic mass is 16.2. The second-order valence-corrected chi connectivity index (χ2v) is 2.97. The van der Waals surface area contributed by atoms with Gasteiger partial charge in [0.15, 0.2) is 0 Å². The Morgan fingerprint density at radius 1 is 1.15 bits per heavy atom. The van der Waals surface area contributed by atoms with Crippen molar-refractivity contribution >= 4 is 11.8 Å². The van der Waals surface area contributed by atoms with Gasteiger partial charge in [0.25, 0.3) is 11.8 Å². The summed E-state index contributed by atoms with van der Waals surface area (Å²) < 4.78 is 0. The molecular weight excluding hydrogens is 166 g/mol. The smallest absolute Gasteiger partial charge is 0.257 e. The normalized spacial score (nSPS) is 21.2. The van der Waals surface area contributed by atoms with Gasteiger partial charge in [-0.25, -0.2) is 4.90 Å². The molecule has 0 aromatic rings. The molecule has 2 aliphatic rings. The molecule has 0 radical (unpaired) electrons. The van der Waals surface area contributed by atoms with Crippen LogP contribution in [0.2, 0.25) is 0 Å². The summed E-state index contributed by atoms with van der Waals surface area (Å²) in [6.45, 7) is 0. The van der Waals surface area contributed by atoms with Gasteiger partial charge < -0.3 is 0 Å². The molecule has 13 heavy (non-hydrogen) atoms. The van der Waals surface area contributed by atoms with E-state index in [0.717, 1.165) is 18.5 Å². The van der Waals surface area contributed by atoms with Crippen LogP contribution in [-0.2, 0) is 9.59 Å². The molecule has 2 rings (SSSR count). The number of imide groups is 1. The number of hydrogen-bond donors (Lipinski definition) is 0. The van der Waals surface area contributed by atoms with E-state index < -0.39 is 0 Å². The Kier molecular flexibility index (Phi) is 1.85. The highest BCUT2D eigenvalue weighted by molar-refractivity contribution is 6.14. The maximum Gasteiger partial charge on any atom is 0.257 e. The lowest BCUT2D eigenvalue weighted by Crippen LogP contribution is -2.29. The van der Waals surface area contributed by atoms with Gasteiger partial charge in [-0.15, -0.1) is 0 Å². The average molecular weight is 175 g/mol. The summed E-state index contributed by atoms with van der Waals surface area (Å²) in [5.74, 6) is -0.460. The van der Waals surface area contributed by atoms with Gasteiger partial charge in [-0.05, 0) is 18.9 Å². The minimum Gasteiger partial charge on any atom is -0.269 e. The molecule has 0 saturated heterocycles. The van der Waals surface area contributed by atoms with Crippen molar-refractivity contribution in [2.45, 2.75) is 12.8 Å². The van der Waals surface area contributed by atoms with Gasteiger partial charge in [0.05, 0.1) is 0 Å². The van der Waals surface area contributed by atoms with Gasteiger partial charge in [0, 0.05) is 17.8 Å². The molecule has 0 bridgehead atoms. The Morgan fingerprint density at radius 3 is 2.38 bits per heavy atom. The lowest BCUT2D eigenvalue weighted by atomic mass is 10.1. The number of rotatable bonds is 1. The zero-order valence-corrected chi connectivity index (χ0v) is 7.06. The number of carbonyl (C=O) groups is 2. The van der Waals surface area contributed by atoms with Gasteiger partial charge in [-0.3, -0.25) is 9.59 Å². The van der Waals surface area contributed by atoms with E-state index in [0.29, 0.717) is 0 Å². The molecule has 0 unspecified atom stereocenters. The van der Waals surface area contributed by atoms with Crippen molar-refractivity contribution in [3.05, 3.63) is 36.1 Å². The predicted molar refractivity (Wildman–Crippen MR) is 47.5 cm³/mol. The first kappa shape index (κ1) is 7.98. The number of hydrogen-bond acceptors (Lipinski definition) is 2. The van der Waals surface area contributed by atoms with Crippen molar-refractivity contribution in [2.24, 2.45) is 0 Å². The van der Waals surface area contributed by atoms with E-state index >= 15 is 0 Å². The summed E-state index contributed by atoms with van der Waals surface area (Å²) in [4.78, 5) is 23.7. The highest BCUT2D eigenvalue weighted by Crippen LogP contribution is 2.20. The minimum absolute atomic E-state index is 0.230. The first-order valence-electron chi connectivity index (χ1n) is 4.21. The average Bonchev–Trinajstić information content (AvgIpc) is 2.48. The molecule has 1 aliphatic carbocycles. The SMILES string of the molecule is O=C1C=CC(=O)N1C1=CC=CCC1. The Balaban J connectivity index is 2.26. The third-order valence-corrected chi connectivity index (χ3v) is 2.09. The van der Waals surface area contributed by atoms with Crippen LogP contribution in [0.25, 0.3) is 0 Å². The molecule has 2 amide bonds. The summed E-state index contributed by atoms with van der Waals surface area (Å²) in [5.41, 5.74) is 0.794. The summed E-state index contributed by atoms with van der Waals surface area (Å²) in [7, 11) is 0. The van der Waals surface area contributed by atoms with E-state index in [4.69, 9.17) is 0 Å². The quantitative estimate of drug-likeness (QED) is 0.560. The van der Waals surface area contributed by atoms with Crippen LogP contribution in [0.15, 0.2) is 36.1 Å². The molecule has 0 N–H and O–H groups in total. The zero-order valence-electron chi connectivity index (χ0n) is 7.06. The third kappa shape index (κ3) is 1.33. The molecule has 0 aromatic carbocycles. The van der Waals surface area contributed by atoms with Crippen LogP contribution in [-0.4, -0.2) is 16.7 Å². The van der Waals surface area contributed by atoms with Gasteiger partial charge in [-0.2, -0.15) is 0 Å². The fourth-order valence-electron chi connectivity index (χ4n) is 1.46. The third-order valence-electron chi connectivity index (χ3n) is 2.09. The standard InChI is InChI=1S/C10H9NO2/c12-9-6-7-10(13)11(9)8-4-2-1-3-5-8/h1-2,4,6-7H,3,5H2. The van der Waals surface area contributed by atoms with Gasteiger partial charge in [0.1, 0.15) is 0 Å². The molecule has 0 spiro atoms. The van der Waals surface area contributed by atoms with E-state index in [9.17, 15) is 9.59 Å². The highest BCUT2D eigenvalue weighted by Gasteiger charge is 2.26. The van der Waals surface area contributed by atoms with Crippen LogP contribution >= 0.6 is 0 Å². The van der Waals surface area contributed by atoms with E-state index in [1.54, 1.807) is 0 Å². The van der Waals surface area contributed by atoms with Gasteiger partial charge in [0.2, 0.25) is 0 Å². The molecule has 0 atom stereocenters. The topological polar surface area (TPSA) is 37.4 Å². The van der Waals surface area contributed by atoms with E-state index in [2.05, 4.69) is 0 Å². The molecular formula is C10H9NO2. The maximum atomic E-state index is 11.2. The second kappa shape index (κ2) is 3.01. The first-order valence-corrected chi connectivity index (χ1v) is 4.21. The van der Waals surface area contributed by atoms with Crippen LogP contribution in [0, 0.1) is 0 Å². The van der Waals surface area contributed by atoms with Crippen molar-refractivity contribution in [3.8, 4) is 0 Å². The lowest BCUT2D eigenvalue weighted by molar-refractivity contribution is -0.134. The van der Waals surface area contributed by atoms with Crippen molar-refractivity contribution < 1.29 is 9.59 Å². The van der Waals surface area contributed by atoms with E-state index in [-0.39, 0.29) is 11.8 Å². The van der Waals surface area contributed by atoms with Gasteiger partial charge in [-0.1, -0.05) is 12.2 Å². The molecule has 66 valence electrons. The van der Waals surface area contributed by atoms with Crippen LogP contribution in [0.5, 0.6) is 0 Å². The summed E-state index contributed by atoms with van der Waals surface area (Å²) in [6, 6.07) is 0. The van der Waals surface area contributed by atoms with Crippen LogP contribution in [0.3, 0.4) is 0 Å². The number of nitrogens with zero attached hydrogens (tertiary/aromatic N) is 1. The van der Waals surface area contributed by atoms with E-state index in [1.807, 2.05) is 18.2 Å². The fourth-order valence-corrected chi connectivity index (χ4v) is 1.46. The Bertz CT molecular complexity index is 332. The molecule has 3 nitrogen and oxygen atoms in total. The Labute approximate surface area is 76.0 Å². The summed E-state index contributed by atoms with van der Waals surface area (Å²) >= 11 is 0. The monoisotopic (exact) mass is 175 g/mol.